The number of para-hydroxylation sites is 1. The van der Waals surface area contributed by atoms with Crippen molar-refractivity contribution in [1.82, 2.24) is 14.5 Å². The zero-order valence-electron chi connectivity index (χ0n) is 21.7. The molecule has 0 spiro atoms. The number of nitrogens with one attached hydrogen (secondary N) is 2. The van der Waals surface area contributed by atoms with Crippen LogP contribution >= 0.6 is 0 Å². The summed E-state index contributed by atoms with van der Waals surface area (Å²) in [6, 6.07) is 12.8. The molecule has 0 atom stereocenters. The lowest BCUT2D eigenvalue weighted by Crippen LogP contribution is -2.41. The number of rotatable bonds is 9. The van der Waals surface area contributed by atoms with E-state index < -0.39 is 5.69 Å². The molecule has 0 radical (unpaired) electrons. The normalized spacial score (nSPS) is 14.0. The molecule has 0 aliphatic heterocycles. The van der Waals surface area contributed by atoms with Crippen LogP contribution in [0.4, 0.5) is 5.69 Å². The Morgan fingerprint density at radius 3 is 2.41 bits per heavy atom. The van der Waals surface area contributed by atoms with Crippen LogP contribution in [-0.2, 0) is 22.7 Å². The van der Waals surface area contributed by atoms with Gasteiger partial charge in [0, 0.05) is 24.7 Å². The van der Waals surface area contributed by atoms with Crippen LogP contribution in [0.25, 0.3) is 10.9 Å². The molecule has 1 aromatic heterocycles. The van der Waals surface area contributed by atoms with Gasteiger partial charge in [-0.2, -0.15) is 0 Å². The van der Waals surface area contributed by atoms with Gasteiger partial charge in [0.25, 0.3) is 5.56 Å². The van der Waals surface area contributed by atoms with E-state index in [-0.39, 0.29) is 36.5 Å². The maximum absolute atomic E-state index is 13.3. The third kappa shape index (κ3) is 6.56. The van der Waals surface area contributed by atoms with E-state index in [1.165, 1.54) is 15.6 Å². The van der Waals surface area contributed by atoms with Gasteiger partial charge in [-0.1, -0.05) is 37.5 Å². The molecule has 4 rings (SSSR count). The first-order chi connectivity index (χ1) is 17.8. The minimum Gasteiger partial charge on any atom is -0.353 e. The second-order valence-corrected chi connectivity index (χ2v) is 10.0. The second-order valence-electron chi connectivity index (χ2n) is 10.0. The monoisotopic (exact) mass is 504 g/mol. The SMILES string of the molecule is Cc1ccc(NC(=O)Cn2c(=O)n(CCCCC(=O)NC3CCCCC3)c(=O)c3ccccc32)cc1C. The number of anilines is 1. The number of carbonyl (C=O) groups excluding carboxylic acids is 2. The average molecular weight is 505 g/mol. The number of fused-ring (bicyclic) bond motifs is 1. The van der Waals surface area contributed by atoms with Crippen molar-refractivity contribution in [2.24, 2.45) is 0 Å². The van der Waals surface area contributed by atoms with Crippen LogP contribution in [0, 0.1) is 13.8 Å². The first kappa shape index (κ1) is 26.4. The fraction of sp³-hybridized carbons (Fsp3) is 0.448. The maximum Gasteiger partial charge on any atom is 0.331 e. The zero-order chi connectivity index (χ0) is 26.4. The Morgan fingerprint density at radius 1 is 0.892 bits per heavy atom. The van der Waals surface area contributed by atoms with E-state index in [9.17, 15) is 19.2 Å². The Labute approximate surface area is 216 Å². The van der Waals surface area contributed by atoms with Crippen LogP contribution in [0.3, 0.4) is 0 Å². The summed E-state index contributed by atoms with van der Waals surface area (Å²) in [5, 5.41) is 6.34. The van der Waals surface area contributed by atoms with Gasteiger partial charge in [-0.05, 0) is 74.9 Å². The number of amides is 2. The summed E-state index contributed by atoms with van der Waals surface area (Å²) >= 11 is 0. The number of carbonyl (C=O) groups is 2. The molecule has 2 amide bonds. The van der Waals surface area contributed by atoms with Crippen molar-refractivity contribution < 1.29 is 9.59 Å². The molecule has 1 fully saturated rings. The number of benzene rings is 2. The van der Waals surface area contributed by atoms with Gasteiger partial charge < -0.3 is 10.6 Å². The summed E-state index contributed by atoms with van der Waals surface area (Å²) in [5.41, 5.74) is 2.37. The Kier molecular flexibility index (Phi) is 8.58. The summed E-state index contributed by atoms with van der Waals surface area (Å²) in [6.45, 7) is 3.95. The van der Waals surface area contributed by atoms with Crippen LogP contribution in [-0.4, -0.2) is 27.0 Å². The summed E-state index contributed by atoms with van der Waals surface area (Å²) in [6.07, 6.45) is 7.08. The highest BCUT2D eigenvalue weighted by Crippen LogP contribution is 2.18. The lowest BCUT2D eigenvalue weighted by molar-refractivity contribution is -0.122. The predicted molar refractivity (Wildman–Crippen MR) is 146 cm³/mol. The molecular weight excluding hydrogens is 468 g/mol. The van der Waals surface area contributed by atoms with Crippen LogP contribution in [0.2, 0.25) is 0 Å². The first-order valence-electron chi connectivity index (χ1n) is 13.2. The molecule has 1 aliphatic rings. The van der Waals surface area contributed by atoms with Gasteiger partial charge in [0.2, 0.25) is 11.8 Å². The van der Waals surface area contributed by atoms with Gasteiger partial charge in [0.1, 0.15) is 6.54 Å². The summed E-state index contributed by atoms with van der Waals surface area (Å²) in [7, 11) is 0. The van der Waals surface area contributed by atoms with Crippen molar-refractivity contribution in [3.63, 3.8) is 0 Å². The van der Waals surface area contributed by atoms with E-state index >= 15 is 0 Å². The zero-order valence-corrected chi connectivity index (χ0v) is 21.7. The first-order valence-corrected chi connectivity index (χ1v) is 13.2. The molecule has 1 saturated carbocycles. The quantitative estimate of drug-likeness (QED) is 0.430. The fourth-order valence-electron chi connectivity index (χ4n) is 4.99. The lowest BCUT2D eigenvalue weighted by atomic mass is 9.95. The van der Waals surface area contributed by atoms with E-state index in [4.69, 9.17) is 0 Å². The molecule has 0 saturated heterocycles. The van der Waals surface area contributed by atoms with Crippen molar-refractivity contribution in [3.8, 4) is 0 Å². The van der Waals surface area contributed by atoms with Crippen molar-refractivity contribution in [1.29, 1.82) is 0 Å². The molecule has 8 heteroatoms. The molecule has 3 aromatic rings. The van der Waals surface area contributed by atoms with Crippen molar-refractivity contribution >= 4 is 28.4 Å². The molecule has 0 unspecified atom stereocenters. The Bertz CT molecular complexity index is 1400. The van der Waals surface area contributed by atoms with Crippen molar-refractivity contribution in [3.05, 3.63) is 74.4 Å². The third-order valence-corrected chi connectivity index (χ3v) is 7.23. The smallest absolute Gasteiger partial charge is 0.331 e. The largest absolute Gasteiger partial charge is 0.353 e. The number of hydrogen-bond acceptors (Lipinski definition) is 4. The summed E-state index contributed by atoms with van der Waals surface area (Å²) in [5.74, 6) is -0.321. The molecule has 2 aromatic carbocycles. The average Bonchev–Trinajstić information content (AvgIpc) is 2.89. The van der Waals surface area contributed by atoms with Gasteiger partial charge in [-0.3, -0.25) is 23.5 Å². The molecule has 2 N–H and O–H groups in total. The molecule has 37 heavy (non-hydrogen) atoms. The number of hydrogen-bond donors (Lipinski definition) is 2. The topological polar surface area (TPSA) is 102 Å². The minimum atomic E-state index is -0.523. The van der Waals surface area contributed by atoms with Gasteiger partial charge in [-0.15, -0.1) is 0 Å². The molecule has 8 nitrogen and oxygen atoms in total. The highest BCUT2D eigenvalue weighted by Gasteiger charge is 2.17. The van der Waals surface area contributed by atoms with Gasteiger partial charge in [-0.25, -0.2) is 4.79 Å². The highest BCUT2D eigenvalue weighted by atomic mass is 16.2. The third-order valence-electron chi connectivity index (χ3n) is 7.23. The van der Waals surface area contributed by atoms with E-state index in [1.807, 2.05) is 32.0 Å². The number of aryl methyl sites for hydroxylation is 2. The molecule has 1 aliphatic carbocycles. The highest BCUT2D eigenvalue weighted by molar-refractivity contribution is 5.91. The van der Waals surface area contributed by atoms with E-state index in [2.05, 4.69) is 10.6 Å². The standard InChI is InChI=1S/C29H36N4O4/c1-20-15-16-23(18-21(20)2)31-27(35)19-33-25-13-7-6-12-24(25)28(36)32(29(33)37)17-9-8-14-26(34)30-22-10-4-3-5-11-22/h6-7,12-13,15-16,18,22H,3-5,8-11,14,17,19H2,1-2H3,(H,30,34)(H,31,35). The van der Waals surface area contributed by atoms with Gasteiger partial charge in [0.05, 0.1) is 10.9 Å². The predicted octanol–water partition coefficient (Wildman–Crippen LogP) is 4.04. The molecule has 196 valence electrons. The Balaban J connectivity index is 1.46. The van der Waals surface area contributed by atoms with E-state index in [0.29, 0.717) is 35.9 Å². The molecule has 1 heterocycles. The Morgan fingerprint density at radius 2 is 1.65 bits per heavy atom. The minimum absolute atomic E-state index is 0.0261. The van der Waals surface area contributed by atoms with E-state index in [0.717, 1.165) is 36.8 Å². The number of aromatic nitrogens is 2. The second kappa shape index (κ2) is 12.0. The fourth-order valence-corrected chi connectivity index (χ4v) is 4.99. The number of nitrogens with zero attached hydrogens (tertiary/aromatic N) is 2. The van der Waals surface area contributed by atoms with E-state index in [1.54, 1.807) is 24.3 Å². The molecule has 0 bridgehead atoms. The van der Waals surface area contributed by atoms with Crippen LogP contribution < -0.4 is 21.9 Å². The van der Waals surface area contributed by atoms with Crippen LogP contribution in [0.15, 0.2) is 52.1 Å². The van der Waals surface area contributed by atoms with Crippen LogP contribution in [0.1, 0.15) is 62.5 Å². The maximum atomic E-state index is 13.3. The lowest BCUT2D eigenvalue weighted by Gasteiger charge is -2.22. The number of unbranched alkanes of at least 4 members (excludes halogenated alkanes) is 1. The summed E-state index contributed by atoms with van der Waals surface area (Å²) in [4.78, 5) is 51.6. The van der Waals surface area contributed by atoms with Crippen molar-refractivity contribution in [2.75, 3.05) is 5.32 Å². The van der Waals surface area contributed by atoms with Crippen LogP contribution in [0.5, 0.6) is 0 Å². The molecular formula is C29H36N4O4. The Hall–Kier alpha value is -3.68. The summed E-state index contributed by atoms with van der Waals surface area (Å²) < 4.78 is 2.54. The van der Waals surface area contributed by atoms with Gasteiger partial charge >= 0.3 is 5.69 Å². The van der Waals surface area contributed by atoms with Gasteiger partial charge in [0.15, 0.2) is 0 Å². The van der Waals surface area contributed by atoms with Crippen molar-refractivity contribution in [2.45, 2.75) is 84.3 Å².